The van der Waals surface area contributed by atoms with Gasteiger partial charge in [0.15, 0.2) is 0 Å². The molecule has 0 amide bonds. The zero-order valence-corrected chi connectivity index (χ0v) is 15.4. The van der Waals surface area contributed by atoms with Gasteiger partial charge >= 0.3 is 0 Å². The Morgan fingerprint density at radius 3 is 2.15 bits per heavy atom. The van der Waals surface area contributed by atoms with Gasteiger partial charge in [0.2, 0.25) is 0 Å². The number of aromatic nitrogens is 1. The van der Waals surface area contributed by atoms with Gasteiger partial charge in [-0.1, -0.05) is 54.6 Å². The monoisotopic (exact) mass is 377 g/mol. The smallest absolute Gasteiger partial charge is 0.268 e. The van der Waals surface area contributed by atoms with E-state index in [1.165, 1.54) is 3.97 Å². The highest BCUT2D eigenvalue weighted by Gasteiger charge is 2.20. The molecule has 0 fully saturated rings. The summed E-state index contributed by atoms with van der Waals surface area (Å²) in [5, 5.41) is 10.7. The number of hydrogen-bond donors (Lipinski definition) is 1. The normalized spacial score (nSPS) is 12.9. The SMILES string of the molecule is O=S(=O)(c1ccccc1)n1ccc2cc(C(CO)c3ccccc3)ccc21. The van der Waals surface area contributed by atoms with Gasteiger partial charge in [-0.3, -0.25) is 0 Å². The van der Waals surface area contributed by atoms with Crippen molar-refractivity contribution in [3.05, 3.63) is 102 Å². The Balaban J connectivity index is 1.78. The molecule has 1 N–H and O–H groups in total. The fourth-order valence-corrected chi connectivity index (χ4v) is 4.73. The van der Waals surface area contributed by atoms with E-state index in [1.807, 2.05) is 42.5 Å². The summed E-state index contributed by atoms with van der Waals surface area (Å²) in [5.74, 6) is -0.148. The molecule has 4 rings (SSSR count). The van der Waals surface area contributed by atoms with Crippen molar-refractivity contribution >= 4 is 20.9 Å². The van der Waals surface area contributed by atoms with Gasteiger partial charge in [0.1, 0.15) is 0 Å². The van der Waals surface area contributed by atoms with Crippen molar-refractivity contribution in [2.24, 2.45) is 0 Å². The molecule has 0 bridgehead atoms. The largest absolute Gasteiger partial charge is 0.395 e. The standard InChI is InChI=1S/C22H19NO3S/c24-16-21(17-7-3-1-4-8-17)18-11-12-22-19(15-18)13-14-23(22)27(25,26)20-9-5-2-6-10-20/h1-15,21,24H,16H2. The Labute approximate surface area is 158 Å². The van der Waals surface area contributed by atoms with Crippen molar-refractivity contribution in [3.8, 4) is 0 Å². The summed E-state index contributed by atoms with van der Waals surface area (Å²) in [6.45, 7) is -0.0153. The van der Waals surface area contributed by atoms with Crippen LogP contribution in [0.2, 0.25) is 0 Å². The summed E-state index contributed by atoms with van der Waals surface area (Å²) in [6.07, 6.45) is 1.58. The highest BCUT2D eigenvalue weighted by Crippen LogP contribution is 2.29. The van der Waals surface area contributed by atoms with Crippen molar-refractivity contribution in [2.45, 2.75) is 10.8 Å². The summed E-state index contributed by atoms with van der Waals surface area (Å²) in [7, 11) is -3.65. The summed E-state index contributed by atoms with van der Waals surface area (Å²) in [6, 6.07) is 25.6. The van der Waals surface area contributed by atoms with Gasteiger partial charge in [0.25, 0.3) is 10.0 Å². The van der Waals surface area contributed by atoms with Crippen LogP contribution in [0.15, 0.2) is 96.0 Å². The second-order valence-electron chi connectivity index (χ2n) is 6.39. The van der Waals surface area contributed by atoms with E-state index in [9.17, 15) is 13.5 Å². The molecule has 0 aliphatic carbocycles. The molecule has 0 saturated heterocycles. The van der Waals surface area contributed by atoms with Crippen LogP contribution in [0.4, 0.5) is 0 Å². The molecule has 4 nitrogen and oxygen atoms in total. The fourth-order valence-electron chi connectivity index (χ4n) is 3.36. The van der Waals surface area contributed by atoms with Crippen LogP contribution in [0, 0.1) is 0 Å². The topological polar surface area (TPSA) is 59.3 Å². The van der Waals surface area contributed by atoms with Gasteiger partial charge < -0.3 is 5.11 Å². The molecular weight excluding hydrogens is 358 g/mol. The predicted molar refractivity (Wildman–Crippen MR) is 106 cm³/mol. The highest BCUT2D eigenvalue weighted by molar-refractivity contribution is 7.90. The van der Waals surface area contributed by atoms with Gasteiger partial charge in [-0.25, -0.2) is 12.4 Å². The molecule has 1 unspecified atom stereocenters. The van der Waals surface area contributed by atoms with Gasteiger partial charge in [-0.05, 0) is 41.5 Å². The summed E-state index contributed by atoms with van der Waals surface area (Å²) in [4.78, 5) is 0.254. The number of rotatable bonds is 5. The minimum absolute atomic E-state index is 0.0153. The van der Waals surface area contributed by atoms with Crippen molar-refractivity contribution in [1.82, 2.24) is 3.97 Å². The van der Waals surface area contributed by atoms with E-state index in [0.717, 1.165) is 16.5 Å². The molecule has 0 aliphatic rings. The molecule has 4 aromatic rings. The van der Waals surface area contributed by atoms with Crippen LogP contribution in [-0.2, 0) is 10.0 Å². The van der Waals surface area contributed by atoms with E-state index >= 15 is 0 Å². The minimum Gasteiger partial charge on any atom is -0.395 e. The second kappa shape index (κ2) is 7.02. The van der Waals surface area contributed by atoms with Gasteiger partial charge in [0.05, 0.1) is 17.0 Å². The number of aliphatic hydroxyl groups excluding tert-OH is 1. The average molecular weight is 377 g/mol. The second-order valence-corrected chi connectivity index (χ2v) is 8.21. The minimum atomic E-state index is -3.65. The van der Waals surface area contributed by atoms with E-state index < -0.39 is 10.0 Å². The van der Waals surface area contributed by atoms with Crippen LogP contribution in [0.5, 0.6) is 0 Å². The molecule has 0 radical (unpaired) electrons. The maximum Gasteiger partial charge on any atom is 0.268 e. The van der Waals surface area contributed by atoms with Crippen LogP contribution in [0.1, 0.15) is 17.0 Å². The zero-order valence-electron chi connectivity index (χ0n) is 14.6. The molecule has 1 heterocycles. The van der Waals surface area contributed by atoms with Crippen molar-refractivity contribution < 1.29 is 13.5 Å². The van der Waals surface area contributed by atoms with Crippen molar-refractivity contribution in [1.29, 1.82) is 0 Å². The Kier molecular flexibility index (Phi) is 4.56. The molecular formula is C22H19NO3S. The van der Waals surface area contributed by atoms with Gasteiger partial charge in [-0.2, -0.15) is 0 Å². The molecule has 1 aromatic heterocycles. The van der Waals surface area contributed by atoms with E-state index in [2.05, 4.69) is 0 Å². The van der Waals surface area contributed by atoms with Crippen LogP contribution in [0.25, 0.3) is 10.9 Å². The summed E-state index contributed by atoms with van der Waals surface area (Å²) >= 11 is 0. The first-order chi connectivity index (χ1) is 13.1. The third-order valence-corrected chi connectivity index (χ3v) is 6.47. The number of fused-ring (bicyclic) bond motifs is 1. The average Bonchev–Trinajstić information content (AvgIpc) is 3.14. The van der Waals surface area contributed by atoms with E-state index in [1.54, 1.807) is 48.7 Å². The Morgan fingerprint density at radius 1 is 0.815 bits per heavy atom. The molecule has 1 atom stereocenters. The Hall–Kier alpha value is -2.89. The van der Waals surface area contributed by atoms with Crippen LogP contribution in [0.3, 0.4) is 0 Å². The Bertz CT molecular complexity index is 1170. The van der Waals surface area contributed by atoms with Crippen LogP contribution < -0.4 is 0 Å². The van der Waals surface area contributed by atoms with E-state index in [-0.39, 0.29) is 17.4 Å². The number of benzene rings is 3. The van der Waals surface area contributed by atoms with E-state index in [0.29, 0.717) is 5.52 Å². The third kappa shape index (κ3) is 3.16. The molecule has 0 saturated carbocycles. The maximum absolute atomic E-state index is 12.9. The summed E-state index contributed by atoms with van der Waals surface area (Å²) < 4.78 is 27.2. The first-order valence-electron chi connectivity index (χ1n) is 8.69. The molecule has 3 aromatic carbocycles. The van der Waals surface area contributed by atoms with Crippen molar-refractivity contribution in [2.75, 3.05) is 6.61 Å². The Morgan fingerprint density at radius 2 is 1.48 bits per heavy atom. The lowest BCUT2D eigenvalue weighted by molar-refractivity contribution is 0.280. The lowest BCUT2D eigenvalue weighted by atomic mass is 9.91. The third-order valence-electron chi connectivity index (χ3n) is 4.77. The van der Waals surface area contributed by atoms with Crippen LogP contribution in [-0.4, -0.2) is 24.1 Å². The maximum atomic E-state index is 12.9. The van der Waals surface area contributed by atoms with Crippen molar-refractivity contribution in [3.63, 3.8) is 0 Å². The number of aliphatic hydroxyl groups is 1. The quantitative estimate of drug-likeness (QED) is 0.572. The molecule has 136 valence electrons. The van der Waals surface area contributed by atoms with Gasteiger partial charge in [-0.15, -0.1) is 0 Å². The number of nitrogens with zero attached hydrogens (tertiary/aromatic N) is 1. The molecule has 5 heteroatoms. The fraction of sp³-hybridized carbons (Fsp3) is 0.0909. The predicted octanol–water partition coefficient (Wildman–Crippen LogP) is 4.00. The first-order valence-corrected chi connectivity index (χ1v) is 10.1. The van der Waals surface area contributed by atoms with E-state index in [4.69, 9.17) is 0 Å². The number of hydrogen-bond acceptors (Lipinski definition) is 3. The first kappa shape index (κ1) is 17.5. The van der Waals surface area contributed by atoms with Crippen LogP contribution >= 0.6 is 0 Å². The summed E-state index contributed by atoms with van der Waals surface area (Å²) in [5.41, 5.74) is 2.59. The molecule has 0 spiro atoms. The molecule has 27 heavy (non-hydrogen) atoms. The molecule has 0 aliphatic heterocycles. The lowest BCUT2D eigenvalue weighted by Crippen LogP contribution is -2.11. The lowest BCUT2D eigenvalue weighted by Gasteiger charge is -2.15. The van der Waals surface area contributed by atoms with Gasteiger partial charge in [0, 0.05) is 17.5 Å². The highest BCUT2D eigenvalue weighted by atomic mass is 32.2. The zero-order chi connectivity index (χ0) is 18.9.